The molecule has 6 heteroatoms. The number of rotatable bonds is 7. The summed E-state index contributed by atoms with van der Waals surface area (Å²) < 4.78 is 27.0. The molecule has 0 spiro atoms. The second-order valence-electron chi connectivity index (χ2n) is 5.01. The van der Waals surface area contributed by atoms with Crippen LogP contribution in [0.1, 0.15) is 18.5 Å². The third kappa shape index (κ3) is 4.86. The lowest BCUT2D eigenvalue weighted by atomic mass is 10.1. The summed E-state index contributed by atoms with van der Waals surface area (Å²) >= 11 is 0. The lowest BCUT2D eigenvalue weighted by Gasteiger charge is -2.29. The van der Waals surface area contributed by atoms with Crippen molar-refractivity contribution >= 4 is 5.97 Å². The van der Waals surface area contributed by atoms with Gasteiger partial charge in [0.15, 0.2) is 0 Å². The van der Waals surface area contributed by atoms with E-state index < -0.39 is 23.6 Å². The molecule has 0 fully saturated rings. The van der Waals surface area contributed by atoms with Crippen LogP contribution in [0.4, 0.5) is 8.78 Å². The third-order valence-electron chi connectivity index (χ3n) is 3.13. The zero-order chi connectivity index (χ0) is 15.3. The van der Waals surface area contributed by atoms with Gasteiger partial charge in [0.25, 0.3) is 0 Å². The topological polar surface area (TPSA) is 43.8 Å². The van der Waals surface area contributed by atoms with Crippen LogP contribution in [0, 0.1) is 11.6 Å². The minimum Gasteiger partial charge on any atom is -0.480 e. The van der Waals surface area contributed by atoms with Crippen LogP contribution in [0.2, 0.25) is 0 Å². The number of carboxylic acid groups (broad SMARTS) is 1. The Bertz CT molecular complexity index is 466. The van der Waals surface area contributed by atoms with Crippen LogP contribution in [0.25, 0.3) is 0 Å². The monoisotopic (exact) mass is 286 g/mol. The lowest BCUT2D eigenvalue weighted by molar-refractivity contribution is -0.139. The van der Waals surface area contributed by atoms with Crippen LogP contribution in [0.15, 0.2) is 18.2 Å². The van der Waals surface area contributed by atoms with E-state index in [1.54, 1.807) is 11.8 Å². The van der Waals surface area contributed by atoms with Crippen LogP contribution < -0.4 is 0 Å². The standard InChI is InChI=1S/C14H20F2N2O2/c1-10(12-8-11(15)4-5-13(12)16)18(9-14(19)20)7-6-17(2)3/h4-5,8,10H,6-7,9H2,1-3H3,(H,19,20). The molecule has 1 rings (SSSR count). The Morgan fingerprint density at radius 1 is 1.30 bits per heavy atom. The van der Waals surface area contributed by atoms with Gasteiger partial charge in [0.1, 0.15) is 11.6 Å². The lowest BCUT2D eigenvalue weighted by Crippen LogP contribution is -2.37. The molecule has 0 aliphatic carbocycles. The normalized spacial score (nSPS) is 12.9. The van der Waals surface area contributed by atoms with Gasteiger partial charge in [-0.1, -0.05) is 0 Å². The van der Waals surface area contributed by atoms with Crippen molar-refractivity contribution in [3.8, 4) is 0 Å². The number of hydrogen-bond acceptors (Lipinski definition) is 3. The van der Waals surface area contributed by atoms with E-state index in [1.807, 2.05) is 19.0 Å². The SMILES string of the molecule is CC(c1cc(F)ccc1F)N(CCN(C)C)CC(=O)O. The second kappa shape index (κ2) is 7.31. The number of benzene rings is 1. The highest BCUT2D eigenvalue weighted by Crippen LogP contribution is 2.23. The van der Waals surface area contributed by atoms with Crippen molar-refractivity contribution in [2.45, 2.75) is 13.0 Å². The van der Waals surface area contributed by atoms with Crippen LogP contribution in [-0.4, -0.2) is 54.6 Å². The third-order valence-corrected chi connectivity index (χ3v) is 3.13. The van der Waals surface area contributed by atoms with Gasteiger partial charge in [0.2, 0.25) is 0 Å². The van der Waals surface area contributed by atoms with E-state index in [0.29, 0.717) is 13.1 Å². The summed E-state index contributed by atoms with van der Waals surface area (Å²) in [5.74, 6) is -2.05. The van der Waals surface area contributed by atoms with Gasteiger partial charge in [-0.25, -0.2) is 8.78 Å². The molecule has 0 aliphatic rings. The van der Waals surface area contributed by atoms with Crippen molar-refractivity contribution < 1.29 is 18.7 Å². The van der Waals surface area contributed by atoms with E-state index in [0.717, 1.165) is 18.2 Å². The zero-order valence-electron chi connectivity index (χ0n) is 11.9. The highest BCUT2D eigenvalue weighted by Gasteiger charge is 2.21. The molecule has 0 heterocycles. The molecule has 0 bridgehead atoms. The van der Waals surface area contributed by atoms with Crippen molar-refractivity contribution in [2.75, 3.05) is 33.7 Å². The molecule has 0 aromatic heterocycles. The highest BCUT2D eigenvalue weighted by molar-refractivity contribution is 5.69. The number of likely N-dealkylation sites (N-methyl/N-ethyl adjacent to an activating group) is 1. The first-order valence-corrected chi connectivity index (χ1v) is 6.36. The van der Waals surface area contributed by atoms with Gasteiger partial charge in [-0.3, -0.25) is 9.69 Å². The van der Waals surface area contributed by atoms with Gasteiger partial charge >= 0.3 is 5.97 Å². The Morgan fingerprint density at radius 3 is 2.50 bits per heavy atom. The number of aliphatic carboxylic acids is 1. The van der Waals surface area contributed by atoms with Crippen LogP contribution in [-0.2, 0) is 4.79 Å². The van der Waals surface area contributed by atoms with Gasteiger partial charge < -0.3 is 10.0 Å². The average Bonchev–Trinajstić information content (AvgIpc) is 2.36. The van der Waals surface area contributed by atoms with E-state index >= 15 is 0 Å². The molecule has 1 N–H and O–H groups in total. The highest BCUT2D eigenvalue weighted by atomic mass is 19.1. The second-order valence-corrected chi connectivity index (χ2v) is 5.01. The smallest absolute Gasteiger partial charge is 0.317 e. The molecule has 1 aromatic rings. The van der Waals surface area contributed by atoms with E-state index in [1.165, 1.54) is 0 Å². The van der Waals surface area contributed by atoms with Crippen LogP contribution >= 0.6 is 0 Å². The quantitative estimate of drug-likeness (QED) is 0.832. The first-order chi connectivity index (χ1) is 9.31. The van der Waals surface area contributed by atoms with Crippen LogP contribution in [0.3, 0.4) is 0 Å². The fraction of sp³-hybridized carbons (Fsp3) is 0.500. The number of carboxylic acids is 1. The molecule has 20 heavy (non-hydrogen) atoms. The van der Waals surface area contributed by atoms with Gasteiger partial charge in [0.05, 0.1) is 6.54 Å². The van der Waals surface area contributed by atoms with Crippen molar-refractivity contribution in [3.63, 3.8) is 0 Å². The zero-order valence-corrected chi connectivity index (χ0v) is 11.9. The molecule has 0 saturated carbocycles. The molecule has 1 unspecified atom stereocenters. The molecule has 0 amide bonds. The molecule has 4 nitrogen and oxygen atoms in total. The maximum absolute atomic E-state index is 13.8. The summed E-state index contributed by atoms with van der Waals surface area (Å²) in [4.78, 5) is 14.4. The molecular weight excluding hydrogens is 266 g/mol. The first kappa shape index (κ1) is 16.5. The Morgan fingerprint density at radius 2 is 1.95 bits per heavy atom. The minimum absolute atomic E-state index is 0.171. The Labute approximate surface area is 117 Å². The predicted octanol–water partition coefficient (Wildman–Crippen LogP) is 1.97. The van der Waals surface area contributed by atoms with E-state index in [9.17, 15) is 13.6 Å². The van der Waals surface area contributed by atoms with Crippen molar-refractivity contribution in [2.24, 2.45) is 0 Å². The summed E-state index contributed by atoms with van der Waals surface area (Å²) in [5.41, 5.74) is 0.171. The molecule has 0 saturated heterocycles. The summed E-state index contributed by atoms with van der Waals surface area (Å²) in [6, 6.07) is 2.71. The molecule has 0 aliphatic heterocycles. The predicted molar refractivity (Wildman–Crippen MR) is 72.5 cm³/mol. The summed E-state index contributed by atoms with van der Waals surface area (Å²) in [7, 11) is 3.73. The number of nitrogens with zero attached hydrogens (tertiary/aromatic N) is 2. The number of halogens is 2. The Hall–Kier alpha value is -1.53. The maximum atomic E-state index is 13.8. The maximum Gasteiger partial charge on any atom is 0.317 e. The molecule has 112 valence electrons. The van der Waals surface area contributed by atoms with Gasteiger partial charge in [-0.2, -0.15) is 0 Å². The Balaban J connectivity index is 2.93. The molecule has 1 aromatic carbocycles. The fourth-order valence-electron chi connectivity index (χ4n) is 1.94. The molecule has 1 atom stereocenters. The fourth-order valence-corrected chi connectivity index (χ4v) is 1.94. The van der Waals surface area contributed by atoms with E-state index in [2.05, 4.69) is 0 Å². The van der Waals surface area contributed by atoms with Gasteiger partial charge in [0, 0.05) is 24.7 Å². The molecular formula is C14H20F2N2O2. The summed E-state index contributed by atoms with van der Waals surface area (Å²) in [5, 5.41) is 8.95. The minimum atomic E-state index is -0.993. The van der Waals surface area contributed by atoms with Crippen molar-refractivity contribution in [1.82, 2.24) is 9.80 Å². The number of carbonyl (C=O) groups is 1. The van der Waals surface area contributed by atoms with E-state index in [-0.39, 0.29) is 12.1 Å². The average molecular weight is 286 g/mol. The first-order valence-electron chi connectivity index (χ1n) is 6.36. The van der Waals surface area contributed by atoms with Gasteiger partial charge in [-0.05, 0) is 39.2 Å². The van der Waals surface area contributed by atoms with Gasteiger partial charge in [-0.15, -0.1) is 0 Å². The Kier molecular flexibility index (Phi) is 6.04. The van der Waals surface area contributed by atoms with Crippen LogP contribution in [0.5, 0.6) is 0 Å². The summed E-state index contributed by atoms with van der Waals surface area (Å²) in [6.45, 7) is 2.55. The largest absolute Gasteiger partial charge is 0.480 e. The van der Waals surface area contributed by atoms with Crippen molar-refractivity contribution in [3.05, 3.63) is 35.4 Å². The van der Waals surface area contributed by atoms with Crippen molar-refractivity contribution in [1.29, 1.82) is 0 Å². The van der Waals surface area contributed by atoms with E-state index in [4.69, 9.17) is 5.11 Å². The summed E-state index contributed by atoms with van der Waals surface area (Å²) in [6.07, 6.45) is 0. The molecule has 0 radical (unpaired) electrons. The number of hydrogen-bond donors (Lipinski definition) is 1.